The second kappa shape index (κ2) is 6.22. The molecular formula is C23H26O4. The highest BCUT2D eigenvalue weighted by Gasteiger charge is 2.62. The molecule has 1 N–H and O–H groups in total. The number of Topliss-reactive ketones (excluding diaryl/α,β-unsaturated/α-hetero) is 1. The van der Waals surface area contributed by atoms with Gasteiger partial charge in [0.05, 0.1) is 13.5 Å². The van der Waals surface area contributed by atoms with E-state index in [2.05, 4.69) is 6.92 Å². The molecule has 0 radical (unpaired) electrons. The molecule has 0 saturated carbocycles. The van der Waals surface area contributed by atoms with Crippen molar-refractivity contribution in [3.8, 4) is 5.75 Å². The van der Waals surface area contributed by atoms with E-state index in [-0.39, 0.29) is 12.2 Å². The predicted molar refractivity (Wildman–Crippen MR) is 104 cm³/mol. The van der Waals surface area contributed by atoms with Crippen molar-refractivity contribution < 1.29 is 19.4 Å². The van der Waals surface area contributed by atoms with E-state index in [0.717, 1.165) is 16.9 Å². The lowest BCUT2D eigenvalue weighted by Crippen LogP contribution is -2.59. The van der Waals surface area contributed by atoms with Gasteiger partial charge in [-0.25, -0.2) is 0 Å². The van der Waals surface area contributed by atoms with E-state index in [9.17, 15) is 14.7 Å². The largest absolute Gasteiger partial charge is 0.497 e. The summed E-state index contributed by atoms with van der Waals surface area (Å²) < 4.78 is 5.29. The van der Waals surface area contributed by atoms with Gasteiger partial charge in [0.2, 0.25) is 0 Å². The van der Waals surface area contributed by atoms with Gasteiger partial charge >= 0.3 is 5.97 Å². The summed E-state index contributed by atoms with van der Waals surface area (Å²) in [4.78, 5) is 25.2. The number of ketones is 1. The number of carbonyl (C=O) groups excluding carboxylic acids is 1. The third-order valence-corrected chi connectivity index (χ3v) is 6.93. The van der Waals surface area contributed by atoms with Crippen molar-refractivity contribution in [2.24, 2.45) is 10.8 Å². The summed E-state index contributed by atoms with van der Waals surface area (Å²) in [6, 6.07) is 15.3. The average molecular weight is 366 g/mol. The van der Waals surface area contributed by atoms with Gasteiger partial charge in [0, 0.05) is 21.8 Å². The molecular weight excluding hydrogens is 340 g/mol. The minimum Gasteiger partial charge on any atom is -0.497 e. The van der Waals surface area contributed by atoms with Crippen molar-refractivity contribution in [1.82, 2.24) is 0 Å². The maximum absolute atomic E-state index is 13.3. The molecule has 3 rings (SSSR count). The number of methoxy groups -OCH3 is 1. The van der Waals surface area contributed by atoms with Crippen LogP contribution in [0.15, 0.2) is 48.5 Å². The van der Waals surface area contributed by atoms with Crippen LogP contribution >= 0.6 is 0 Å². The smallest absolute Gasteiger partial charge is 0.303 e. The summed E-state index contributed by atoms with van der Waals surface area (Å²) >= 11 is 0. The Bertz CT molecular complexity index is 897. The topological polar surface area (TPSA) is 63.6 Å². The zero-order chi connectivity index (χ0) is 20.0. The van der Waals surface area contributed by atoms with Gasteiger partial charge in [-0.3, -0.25) is 9.59 Å². The number of rotatable bonds is 4. The number of benzene rings is 2. The van der Waals surface area contributed by atoms with Crippen molar-refractivity contribution in [3.63, 3.8) is 0 Å². The van der Waals surface area contributed by atoms with Crippen LogP contribution in [-0.2, 0) is 10.2 Å². The number of aliphatic carboxylic acids is 1. The minimum absolute atomic E-state index is 0.00663. The van der Waals surface area contributed by atoms with Crippen LogP contribution in [0.2, 0.25) is 0 Å². The Labute approximate surface area is 160 Å². The van der Waals surface area contributed by atoms with Crippen molar-refractivity contribution in [3.05, 3.63) is 65.2 Å². The van der Waals surface area contributed by atoms with E-state index in [1.807, 2.05) is 69.3 Å². The second-order valence-corrected chi connectivity index (χ2v) is 8.26. The van der Waals surface area contributed by atoms with Crippen molar-refractivity contribution in [2.45, 2.75) is 39.5 Å². The number of fused-ring (bicyclic) bond motifs is 1. The molecule has 0 heterocycles. The van der Waals surface area contributed by atoms with Crippen LogP contribution in [0.3, 0.4) is 0 Å². The lowest BCUT2D eigenvalue weighted by molar-refractivity contribution is -0.143. The Hall–Kier alpha value is -2.62. The first-order valence-corrected chi connectivity index (χ1v) is 9.10. The van der Waals surface area contributed by atoms with Gasteiger partial charge < -0.3 is 9.84 Å². The maximum Gasteiger partial charge on any atom is 0.303 e. The molecule has 4 nitrogen and oxygen atoms in total. The number of carboxylic acids is 1. The molecule has 2 atom stereocenters. The van der Waals surface area contributed by atoms with Crippen LogP contribution in [0.25, 0.3) is 0 Å². The minimum atomic E-state index is -0.905. The molecule has 0 spiro atoms. The van der Waals surface area contributed by atoms with Crippen molar-refractivity contribution in [1.29, 1.82) is 0 Å². The van der Waals surface area contributed by atoms with Crippen LogP contribution in [0.1, 0.15) is 55.6 Å². The zero-order valence-electron chi connectivity index (χ0n) is 16.5. The molecule has 0 fully saturated rings. The van der Waals surface area contributed by atoms with Gasteiger partial charge in [-0.15, -0.1) is 0 Å². The lowest BCUT2D eigenvalue weighted by atomic mass is 9.43. The van der Waals surface area contributed by atoms with Crippen LogP contribution in [0.5, 0.6) is 5.75 Å². The first-order chi connectivity index (χ1) is 12.6. The maximum atomic E-state index is 13.3. The zero-order valence-corrected chi connectivity index (χ0v) is 16.5. The fraction of sp³-hybridized carbons (Fsp3) is 0.391. The van der Waals surface area contributed by atoms with Crippen LogP contribution in [0.4, 0.5) is 0 Å². The van der Waals surface area contributed by atoms with E-state index < -0.39 is 22.2 Å². The Kier molecular flexibility index (Phi) is 4.41. The third kappa shape index (κ3) is 2.50. The third-order valence-electron chi connectivity index (χ3n) is 6.93. The van der Waals surface area contributed by atoms with E-state index in [1.165, 1.54) is 0 Å². The molecule has 0 aliphatic heterocycles. The molecule has 2 aromatic rings. The second-order valence-electron chi connectivity index (χ2n) is 8.26. The molecule has 2 aromatic carbocycles. The summed E-state index contributed by atoms with van der Waals surface area (Å²) in [5, 5.41) is 9.73. The SMILES string of the molecule is COc1ccc([C@@]2(C)c3ccccc3C(=O)C(C)(C)[C@@]2(C)CC(=O)O)cc1. The average Bonchev–Trinajstić information content (AvgIpc) is 2.65. The predicted octanol–water partition coefficient (Wildman–Crippen LogP) is 4.70. The van der Waals surface area contributed by atoms with E-state index in [4.69, 9.17) is 4.74 Å². The van der Waals surface area contributed by atoms with Gasteiger partial charge in [-0.2, -0.15) is 0 Å². The van der Waals surface area contributed by atoms with E-state index in [0.29, 0.717) is 5.56 Å². The highest BCUT2D eigenvalue weighted by Crippen LogP contribution is 2.62. The highest BCUT2D eigenvalue weighted by molar-refractivity contribution is 6.04. The van der Waals surface area contributed by atoms with Gasteiger partial charge in [-0.05, 0) is 23.3 Å². The molecule has 0 amide bonds. The molecule has 0 bridgehead atoms. The highest BCUT2D eigenvalue weighted by atomic mass is 16.5. The Balaban J connectivity index is 2.38. The molecule has 0 unspecified atom stereocenters. The normalized spacial score (nSPS) is 26.3. The molecule has 1 aliphatic rings. The number of ether oxygens (including phenoxy) is 1. The fourth-order valence-corrected chi connectivity index (χ4v) is 4.73. The van der Waals surface area contributed by atoms with Crippen molar-refractivity contribution >= 4 is 11.8 Å². The van der Waals surface area contributed by atoms with Gasteiger partial charge in [0.1, 0.15) is 5.75 Å². The molecule has 0 saturated heterocycles. The first-order valence-electron chi connectivity index (χ1n) is 9.10. The fourth-order valence-electron chi connectivity index (χ4n) is 4.73. The van der Waals surface area contributed by atoms with Gasteiger partial charge in [0.15, 0.2) is 5.78 Å². The molecule has 1 aliphatic carbocycles. The summed E-state index contributed by atoms with van der Waals surface area (Å²) in [7, 11) is 1.61. The number of hydrogen-bond donors (Lipinski definition) is 1. The monoisotopic (exact) mass is 366 g/mol. The Morgan fingerprint density at radius 2 is 1.59 bits per heavy atom. The number of carboxylic acid groups (broad SMARTS) is 1. The van der Waals surface area contributed by atoms with Crippen molar-refractivity contribution in [2.75, 3.05) is 7.11 Å². The number of carbonyl (C=O) groups is 2. The quantitative estimate of drug-likeness (QED) is 0.851. The molecule has 4 heteroatoms. The Morgan fingerprint density at radius 3 is 2.15 bits per heavy atom. The van der Waals surface area contributed by atoms with Gasteiger partial charge in [0.25, 0.3) is 0 Å². The lowest BCUT2D eigenvalue weighted by Gasteiger charge is -2.58. The van der Waals surface area contributed by atoms with Crippen LogP contribution < -0.4 is 4.74 Å². The van der Waals surface area contributed by atoms with Crippen LogP contribution in [0, 0.1) is 10.8 Å². The molecule has 0 aromatic heterocycles. The molecule has 27 heavy (non-hydrogen) atoms. The standard InChI is InChI=1S/C23H26O4/c1-21(2)20(26)17-8-6-7-9-18(17)23(4,22(21,3)14-19(24)25)15-10-12-16(27-5)13-11-15/h6-13H,14H2,1-5H3,(H,24,25)/t22-,23+/m1/s1. The molecule has 142 valence electrons. The summed E-state index contributed by atoms with van der Waals surface area (Å²) in [5.74, 6) is -0.174. The van der Waals surface area contributed by atoms with Gasteiger partial charge in [-0.1, -0.05) is 64.1 Å². The summed E-state index contributed by atoms with van der Waals surface area (Å²) in [6.07, 6.45) is -0.109. The summed E-state index contributed by atoms with van der Waals surface area (Å²) in [5.41, 5.74) is 0.179. The first kappa shape index (κ1) is 19.2. The van der Waals surface area contributed by atoms with E-state index in [1.54, 1.807) is 7.11 Å². The van der Waals surface area contributed by atoms with Crippen LogP contribution in [-0.4, -0.2) is 24.0 Å². The summed E-state index contributed by atoms with van der Waals surface area (Å²) in [6.45, 7) is 7.73. The Morgan fingerprint density at radius 1 is 1.00 bits per heavy atom. The number of hydrogen-bond acceptors (Lipinski definition) is 3. The van der Waals surface area contributed by atoms with E-state index >= 15 is 0 Å².